The van der Waals surface area contributed by atoms with Crippen molar-refractivity contribution in [1.82, 2.24) is 15.5 Å². The Kier molecular flexibility index (Phi) is 4.69. The van der Waals surface area contributed by atoms with E-state index in [9.17, 15) is 9.59 Å². The van der Waals surface area contributed by atoms with Crippen LogP contribution in [0.4, 0.5) is 0 Å². The molecule has 106 valence electrons. The lowest BCUT2D eigenvalue weighted by Gasteiger charge is -2.33. The van der Waals surface area contributed by atoms with Gasteiger partial charge >= 0.3 is 5.97 Å². The van der Waals surface area contributed by atoms with Gasteiger partial charge in [-0.3, -0.25) is 14.7 Å². The highest BCUT2D eigenvalue weighted by molar-refractivity contribution is 5.93. The molecule has 1 heterocycles. The van der Waals surface area contributed by atoms with Crippen molar-refractivity contribution in [3.05, 3.63) is 17.5 Å². The van der Waals surface area contributed by atoms with Crippen LogP contribution in [-0.2, 0) is 11.2 Å². The van der Waals surface area contributed by atoms with Crippen molar-refractivity contribution in [2.45, 2.75) is 46.1 Å². The number of carbonyl (C=O) groups excluding carboxylic acids is 1. The summed E-state index contributed by atoms with van der Waals surface area (Å²) in [5, 5.41) is 18.4. The van der Waals surface area contributed by atoms with Gasteiger partial charge in [-0.25, -0.2) is 0 Å². The van der Waals surface area contributed by atoms with Gasteiger partial charge in [0.2, 0.25) is 0 Å². The van der Waals surface area contributed by atoms with Crippen LogP contribution in [0.2, 0.25) is 0 Å². The molecule has 0 aliphatic rings. The normalized spacial score (nSPS) is 14.2. The average molecular weight is 267 g/mol. The number of H-pyrrole nitrogens is 1. The lowest BCUT2D eigenvalue weighted by molar-refractivity contribution is -0.138. The molecule has 0 saturated carbocycles. The Labute approximate surface area is 112 Å². The molecule has 1 rings (SSSR count). The third kappa shape index (κ3) is 3.81. The molecule has 19 heavy (non-hydrogen) atoms. The Balaban J connectivity index is 2.84. The third-order valence-corrected chi connectivity index (χ3v) is 3.44. The summed E-state index contributed by atoms with van der Waals surface area (Å²) in [6.45, 7) is 7.45. The van der Waals surface area contributed by atoms with Gasteiger partial charge in [-0.2, -0.15) is 5.10 Å². The second-order valence-electron chi connectivity index (χ2n) is 5.23. The van der Waals surface area contributed by atoms with E-state index in [-0.39, 0.29) is 23.9 Å². The predicted octanol–water partition coefficient (Wildman–Crippen LogP) is 1.59. The van der Waals surface area contributed by atoms with Crippen LogP contribution in [0.1, 0.15) is 50.3 Å². The highest BCUT2D eigenvalue weighted by Gasteiger charge is 2.33. The van der Waals surface area contributed by atoms with Crippen LogP contribution in [0.15, 0.2) is 6.07 Å². The fourth-order valence-corrected chi connectivity index (χ4v) is 1.69. The summed E-state index contributed by atoms with van der Waals surface area (Å²) >= 11 is 0. The lowest BCUT2D eigenvalue weighted by atomic mass is 9.85. The van der Waals surface area contributed by atoms with Crippen LogP contribution in [0.3, 0.4) is 0 Å². The molecule has 1 atom stereocenters. The van der Waals surface area contributed by atoms with Crippen molar-refractivity contribution in [1.29, 1.82) is 0 Å². The largest absolute Gasteiger partial charge is 0.481 e. The Morgan fingerprint density at radius 1 is 1.53 bits per heavy atom. The van der Waals surface area contributed by atoms with E-state index in [1.165, 1.54) is 0 Å². The maximum Gasteiger partial charge on any atom is 0.305 e. The summed E-state index contributed by atoms with van der Waals surface area (Å²) < 4.78 is 0. The summed E-state index contributed by atoms with van der Waals surface area (Å²) in [4.78, 5) is 23.0. The number of aromatic nitrogens is 2. The van der Waals surface area contributed by atoms with E-state index in [2.05, 4.69) is 15.5 Å². The van der Waals surface area contributed by atoms with Crippen molar-refractivity contribution in [3.63, 3.8) is 0 Å². The van der Waals surface area contributed by atoms with Gasteiger partial charge in [0.1, 0.15) is 5.69 Å². The first kappa shape index (κ1) is 15.2. The van der Waals surface area contributed by atoms with Gasteiger partial charge in [-0.1, -0.05) is 20.8 Å². The van der Waals surface area contributed by atoms with E-state index < -0.39 is 11.5 Å². The van der Waals surface area contributed by atoms with Gasteiger partial charge in [0.15, 0.2) is 0 Å². The quantitative estimate of drug-likeness (QED) is 0.729. The number of nitrogens with zero attached hydrogens (tertiary/aromatic N) is 1. The fraction of sp³-hybridized carbons (Fsp3) is 0.615. The van der Waals surface area contributed by atoms with Gasteiger partial charge < -0.3 is 10.4 Å². The lowest BCUT2D eigenvalue weighted by Crippen LogP contribution is -2.51. The van der Waals surface area contributed by atoms with Crippen LogP contribution < -0.4 is 5.32 Å². The zero-order chi connectivity index (χ0) is 14.6. The fourth-order valence-electron chi connectivity index (χ4n) is 1.69. The van der Waals surface area contributed by atoms with Gasteiger partial charge in [0.05, 0.1) is 12.0 Å². The molecule has 0 aromatic carbocycles. The number of amides is 1. The second kappa shape index (κ2) is 5.86. The topological polar surface area (TPSA) is 95.1 Å². The number of hydrogen-bond acceptors (Lipinski definition) is 3. The average Bonchev–Trinajstić information content (AvgIpc) is 2.75. The molecule has 1 aromatic heterocycles. The van der Waals surface area contributed by atoms with E-state index in [0.717, 1.165) is 12.1 Å². The second-order valence-corrected chi connectivity index (χ2v) is 5.23. The Morgan fingerprint density at radius 2 is 2.16 bits per heavy atom. The minimum Gasteiger partial charge on any atom is -0.481 e. The summed E-state index contributed by atoms with van der Waals surface area (Å²) in [5.74, 6) is -1.29. The van der Waals surface area contributed by atoms with Crippen molar-refractivity contribution in [3.8, 4) is 0 Å². The summed E-state index contributed by atoms with van der Waals surface area (Å²) in [6.07, 6.45) is 0.637. The number of aryl methyl sites for hydroxylation is 1. The third-order valence-electron chi connectivity index (χ3n) is 3.44. The molecule has 0 fully saturated rings. The predicted molar refractivity (Wildman–Crippen MR) is 70.9 cm³/mol. The van der Waals surface area contributed by atoms with Crippen molar-refractivity contribution in [2.24, 2.45) is 5.92 Å². The maximum absolute atomic E-state index is 12.1. The monoisotopic (exact) mass is 267 g/mol. The first-order valence-electron chi connectivity index (χ1n) is 6.37. The minimum absolute atomic E-state index is 0.00265. The first-order chi connectivity index (χ1) is 8.78. The van der Waals surface area contributed by atoms with E-state index >= 15 is 0 Å². The van der Waals surface area contributed by atoms with E-state index in [1.807, 2.05) is 20.8 Å². The first-order valence-corrected chi connectivity index (χ1v) is 6.37. The molecular weight excluding hydrogens is 246 g/mol. The number of rotatable bonds is 6. The number of carbonyl (C=O) groups is 2. The van der Waals surface area contributed by atoms with Crippen LogP contribution >= 0.6 is 0 Å². The van der Waals surface area contributed by atoms with Gasteiger partial charge in [0, 0.05) is 5.69 Å². The summed E-state index contributed by atoms with van der Waals surface area (Å²) in [5.41, 5.74) is 0.359. The molecule has 3 N–H and O–H groups in total. The zero-order valence-electron chi connectivity index (χ0n) is 11.8. The number of aliphatic carboxylic acids is 1. The Hall–Kier alpha value is -1.85. The molecule has 0 saturated heterocycles. The van der Waals surface area contributed by atoms with Crippen molar-refractivity contribution < 1.29 is 14.7 Å². The van der Waals surface area contributed by atoms with Crippen LogP contribution in [0.25, 0.3) is 0 Å². The van der Waals surface area contributed by atoms with E-state index in [1.54, 1.807) is 13.0 Å². The van der Waals surface area contributed by atoms with Crippen LogP contribution in [0, 0.1) is 5.92 Å². The van der Waals surface area contributed by atoms with Gasteiger partial charge in [-0.05, 0) is 25.3 Å². The Bertz CT molecular complexity index is 467. The number of aromatic amines is 1. The molecule has 6 heteroatoms. The molecule has 0 aliphatic heterocycles. The number of hydrogen-bond donors (Lipinski definition) is 3. The maximum atomic E-state index is 12.1. The molecular formula is C13H21N3O3. The molecule has 0 spiro atoms. The zero-order valence-corrected chi connectivity index (χ0v) is 11.8. The van der Waals surface area contributed by atoms with Gasteiger partial charge in [-0.15, -0.1) is 0 Å². The highest BCUT2D eigenvalue weighted by atomic mass is 16.4. The van der Waals surface area contributed by atoms with E-state index in [0.29, 0.717) is 0 Å². The molecule has 1 amide bonds. The molecule has 0 radical (unpaired) electrons. The van der Waals surface area contributed by atoms with Crippen LogP contribution in [0.5, 0.6) is 0 Å². The van der Waals surface area contributed by atoms with Crippen LogP contribution in [-0.4, -0.2) is 32.7 Å². The SMILES string of the molecule is CCc1cc(C(=O)NC(C)(CC(=O)O)C(C)C)n[nH]1. The van der Waals surface area contributed by atoms with Crippen molar-refractivity contribution >= 4 is 11.9 Å². The molecule has 0 aliphatic carbocycles. The number of nitrogens with one attached hydrogen (secondary N) is 2. The summed E-state index contributed by atoms with van der Waals surface area (Å²) in [6, 6.07) is 1.68. The molecule has 0 bridgehead atoms. The smallest absolute Gasteiger partial charge is 0.305 e. The Morgan fingerprint density at radius 3 is 2.58 bits per heavy atom. The van der Waals surface area contributed by atoms with Gasteiger partial charge in [0.25, 0.3) is 5.91 Å². The standard InChI is InChI=1S/C13H21N3O3/c1-5-9-6-10(16-15-9)12(19)14-13(4,8(2)3)7-11(17)18/h6,8H,5,7H2,1-4H3,(H,14,19)(H,15,16)(H,17,18). The minimum atomic E-state index is -0.937. The number of carboxylic acid groups (broad SMARTS) is 1. The highest BCUT2D eigenvalue weighted by Crippen LogP contribution is 2.21. The molecule has 1 unspecified atom stereocenters. The number of carboxylic acids is 1. The van der Waals surface area contributed by atoms with E-state index in [4.69, 9.17) is 5.11 Å². The summed E-state index contributed by atoms with van der Waals surface area (Å²) in [7, 11) is 0. The molecule has 1 aromatic rings. The van der Waals surface area contributed by atoms with Crippen molar-refractivity contribution in [2.75, 3.05) is 0 Å². The molecule has 6 nitrogen and oxygen atoms in total.